The summed E-state index contributed by atoms with van der Waals surface area (Å²) in [6, 6.07) is 16.6. The number of carbonyl (C=O) groups excluding carboxylic acids is 1. The molecule has 0 bridgehead atoms. The van der Waals surface area contributed by atoms with Gasteiger partial charge < -0.3 is 9.47 Å². The molecule has 0 saturated carbocycles. The summed E-state index contributed by atoms with van der Waals surface area (Å²) in [5.41, 5.74) is 0.667. The number of benzene rings is 2. The van der Waals surface area contributed by atoms with Crippen molar-refractivity contribution in [2.45, 2.75) is 19.3 Å². The summed E-state index contributed by atoms with van der Waals surface area (Å²) in [7, 11) is 0. The number of nitrogens with zero attached hydrogens (tertiary/aromatic N) is 1. The van der Waals surface area contributed by atoms with Crippen LogP contribution in [0.1, 0.15) is 29.6 Å². The maximum atomic E-state index is 12.0. The maximum absolute atomic E-state index is 12.0. The molecule has 0 aromatic heterocycles. The van der Waals surface area contributed by atoms with E-state index < -0.39 is 0 Å². The van der Waals surface area contributed by atoms with Gasteiger partial charge in [0.25, 0.3) is 0 Å². The van der Waals surface area contributed by atoms with Gasteiger partial charge in [-0.2, -0.15) is 0 Å². The molecule has 0 spiro atoms. The van der Waals surface area contributed by atoms with Crippen molar-refractivity contribution in [1.82, 2.24) is 4.90 Å². The largest absolute Gasteiger partial charge is 0.492 e. The Kier molecular flexibility index (Phi) is 6.46. The van der Waals surface area contributed by atoms with Gasteiger partial charge in [0.15, 0.2) is 12.4 Å². The van der Waals surface area contributed by atoms with Crippen LogP contribution in [0.5, 0.6) is 11.5 Å². The number of rotatable bonds is 8. The molecular formula is C21H25NO3. The second kappa shape index (κ2) is 9.23. The quantitative estimate of drug-likeness (QED) is 0.686. The Labute approximate surface area is 149 Å². The Morgan fingerprint density at radius 2 is 1.48 bits per heavy atom. The van der Waals surface area contributed by atoms with Crippen LogP contribution >= 0.6 is 0 Å². The van der Waals surface area contributed by atoms with E-state index in [0.29, 0.717) is 17.9 Å². The minimum absolute atomic E-state index is 0.0255. The molecule has 1 aliphatic rings. The Balaban J connectivity index is 1.40. The molecule has 25 heavy (non-hydrogen) atoms. The topological polar surface area (TPSA) is 38.8 Å². The van der Waals surface area contributed by atoms with Gasteiger partial charge in [0, 0.05) is 12.1 Å². The first kappa shape index (κ1) is 17.5. The van der Waals surface area contributed by atoms with Crippen LogP contribution in [-0.4, -0.2) is 43.5 Å². The molecule has 0 amide bonds. The summed E-state index contributed by atoms with van der Waals surface area (Å²) in [5.74, 6) is 1.48. The fourth-order valence-electron chi connectivity index (χ4n) is 2.96. The van der Waals surface area contributed by atoms with Gasteiger partial charge in [0.2, 0.25) is 0 Å². The van der Waals surface area contributed by atoms with E-state index in [1.807, 2.05) is 42.5 Å². The zero-order valence-corrected chi connectivity index (χ0v) is 14.5. The molecular weight excluding hydrogens is 314 g/mol. The van der Waals surface area contributed by atoms with E-state index in [-0.39, 0.29) is 12.4 Å². The lowest BCUT2D eigenvalue weighted by Crippen LogP contribution is -2.33. The van der Waals surface area contributed by atoms with E-state index >= 15 is 0 Å². The molecule has 1 heterocycles. The first-order valence-electron chi connectivity index (χ1n) is 8.97. The standard InChI is InChI=1S/C21H25NO3/c23-21(18-7-3-1-4-8-18)17-25-20-11-9-19(10-12-20)24-16-15-22-13-5-2-6-14-22/h1,3-4,7-12H,2,5-6,13-17H2. The first-order valence-corrected chi connectivity index (χ1v) is 8.97. The molecule has 4 heteroatoms. The lowest BCUT2D eigenvalue weighted by atomic mass is 10.1. The molecule has 4 nitrogen and oxygen atoms in total. The Morgan fingerprint density at radius 1 is 0.840 bits per heavy atom. The van der Waals surface area contributed by atoms with Gasteiger partial charge in [0.1, 0.15) is 18.1 Å². The van der Waals surface area contributed by atoms with Gasteiger partial charge in [0.05, 0.1) is 0 Å². The summed E-state index contributed by atoms with van der Waals surface area (Å²) in [6.07, 6.45) is 3.95. The molecule has 1 fully saturated rings. The number of likely N-dealkylation sites (tertiary alicyclic amines) is 1. The molecule has 1 saturated heterocycles. The van der Waals surface area contributed by atoms with Crippen molar-refractivity contribution >= 4 is 5.78 Å². The van der Waals surface area contributed by atoms with Crippen LogP contribution in [0.3, 0.4) is 0 Å². The molecule has 2 aromatic rings. The third-order valence-electron chi connectivity index (χ3n) is 4.41. The zero-order valence-electron chi connectivity index (χ0n) is 14.5. The van der Waals surface area contributed by atoms with E-state index in [9.17, 15) is 4.79 Å². The van der Waals surface area contributed by atoms with Crippen LogP contribution in [-0.2, 0) is 0 Å². The molecule has 0 atom stereocenters. The molecule has 1 aliphatic heterocycles. The highest BCUT2D eigenvalue weighted by molar-refractivity contribution is 5.97. The van der Waals surface area contributed by atoms with Crippen molar-refractivity contribution < 1.29 is 14.3 Å². The average molecular weight is 339 g/mol. The SMILES string of the molecule is O=C(COc1ccc(OCCN2CCCCC2)cc1)c1ccccc1. The van der Waals surface area contributed by atoms with Crippen LogP contribution < -0.4 is 9.47 Å². The van der Waals surface area contributed by atoms with Crippen LogP contribution in [0.25, 0.3) is 0 Å². The second-order valence-electron chi connectivity index (χ2n) is 6.30. The Hall–Kier alpha value is -2.33. The summed E-state index contributed by atoms with van der Waals surface area (Å²) < 4.78 is 11.4. The first-order chi connectivity index (χ1) is 12.3. The zero-order chi connectivity index (χ0) is 17.3. The van der Waals surface area contributed by atoms with Gasteiger partial charge in [-0.25, -0.2) is 0 Å². The highest BCUT2D eigenvalue weighted by Gasteiger charge is 2.09. The van der Waals surface area contributed by atoms with Crippen molar-refractivity contribution in [3.05, 3.63) is 60.2 Å². The van der Waals surface area contributed by atoms with Crippen molar-refractivity contribution in [3.8, 4) is 11.5 Å². The predicted molar refractivity (Wildman–Crippen MR) is 98.5 cm³/mol. The number of Topliss-reactive ketones (excluding diaryl/α,β-unsaturated/α-hetero) is 1. The van der Waals surface area contributed by atoms with Crippen LogP contribution in [0.15, 0.2) is 54.6 Å². The number of carbonyl (C=O) groups is 1. The molecule has 0 unspecified atom stereocenters. The highest BCUT2D eigenvalue weighted by Crippen LogP contribution is 2.18. The normalized spacial score (nSPS) is 14.9. The Morgan fingerprint density at radius 3 is 2.16 bits per heavy atom. The molecule has 3 rings (SSSR count). The van der Waals surface area contributed by atoms with Gasteiger partial charge in [-0.15, -0.1) is 0 Å². The minimum atomic E-state index is -0.0255. The summed E-state index contributed by atoms with van der Waals surface area (Å²) in [5, 5.41) is 0. The summed E-state index contributed by atoms with van der Waals surface area (Å²) in [4.78, 5) is 14.5. The van der Waals surface area contributed by atoms with Crippen molar-refractivity contribution in [3.63, 3.8) is 0 Å². The minimum Gasteiger partial charge on any atom is -0.492 e. The lowest BCUT2D eigenvalue weighted by molar-refractivity contribution is 0.0921. The fraction of sp³-hybridized carbons (Fsp3) is 0.381. The molecule has 132 valence electrons. The van der Waals surface area contributed by atoms with Crippen molar-refractivity contribution in [2.75, 3.05) is 32.8 Å². The number of piperidine rings is 1. The Bertz CT molecular complexity index is 649. The lowest BCUT2D eigenvalue weighted by Gasteiger charge is -2.26. The number of hydrogen-bond acceptors (Lipinski definition) is 4. The van der Waals surface area contributed by atoms with E-state index in [1.54, 1.807) is 12.1 Å². The smallest absolute Gasteiger partial charge is 0.200 e. The van der Waals surface area contributed by atoms with Crippen LogP contribution in [0, 0.1) is 0 Å². The van der Waals surface area contributed by atoms with E-state index in [0.717, 1.165) is 12.3 Å². The van der Waals surface area contributed by atoms with Gasteiger partial charge in [-0.3, -0.25) is 9.69 Å². The summed E-state index contributed by atoms with van der Waals surface area (Å²) >= 11 is 0. The molecule has 0 radical (unpaired) electrons. The van der Waals surface area contributed by atoms with Crippen molar-refractivity contribution in [2.24, 2.45) is 0 Å². The number of hydrogen-bond donors (Lipinski definition) is 0. The number of ketones is 1. The van der Waals surface area contributed by atoms with E-state index in [4.69, 9.17) is 9.47 Å². The molecule has 2 aromatic carbocycles. The molecule has 0 N–H and O–H groups in total. The van der Waals surface area contributed by atoms with Crippen LogP contribution in [0.2, 0.25) is 0 Å². The summed E-state index contributed by atoms with van der Waals surface area (Å²) in [6.45, 7) is 4.09. The average Bonchev–Trinajstić information content (AvgIpc) is 2.68. The fourth-order valence-corrected chi connectivity index (χ4v) is 2.96. The van der Waals surface area contributed by atoms with E-state index in [1.165, 1.54) is 32.4 Å². The number of ether oxygens (including phenoxy) is 2. The van der Waals surface area contributed by atoms with Gasteiger partial charge >= 0.3 is 0 Å². The predicted octanol–water partition coefficient (Wildman–Crippen LogP) is 3.81. The highest BCUT2D eigenvalue weighted by atomic mass is 16.5. The molecule has 0 aliphatic carbocycles. The third kappa shape index (κ3) is 5.61. The van der Waals surface area contributed by atoms with Crippen LogP contribution in [0.4, 0.5) is 0 Å². The third-order valence-corrected chi connectivity index (χ3v) is 4.41. The van der Waals surface area contributed by atoms with E-state index in [2.05, 4.69) is 4.90 Å². The van der Waals surface area contributed by atoms with Crippen molar-refractivity contribution in [1.29, 1.82) is 0 Å². The maximum Gasteiger partial charge on any atom is 0.200 e. The monoisotopic (exact) mass is 339 g/mol. The van der Waals surface area contributed by atoms with Gasteiger partial charge in [-0.05, 0) is 50.2 Å². The second-order valence-corrected chi connectivity index (χ2v) is 6.30. The van der Waals surface area contributed by atoms with Gasteiger partial charge in [-0.1, -0.05) is 36.8 Å².